The van der Waals surface area contributed by atoms with Gasteiger partial charge in [0.1, 0.15) is 11.7 Å². The maximum Gasteiger partial charge on any atom is 0.413 e. The molecule has 0 aliphatic heterocycles. The lowest BCUT2D eigenvalue weighted by atomic mass is 9.86. The molecule has 0 bridgehead atoms. The minimum Gasteiger partial charge on any atom is -0.346 e. The number of carbonyl (C=O) groups is 2. The van der Waals surface area contributed by atoms with Gasteiger partial charge in [-0.15, -0.1) is 0 Å². The Labute approximate surface area is 269 Å². The largest absolute Gasteiger partial charge is 0.413 e. The van der Waals surface area contributed by atoms with Gasteiger partial charge >= 0.3 is 12.4 Å². The molecule has 0 saturated heterocycles. The van der Waals surface area contributed by atoms with Gasteiger partial charge < -0.3 is 10.2 Å². The van der Waals surface area contributed by atoms with E-state index in [2.05, 4.69) is 15.9 Å². The van der Waals surface area contributed by atoms with Gasteiger partial charge in [0.05, 0.1) is 33.5 Å². The molecule has 0 spiro atoms. The van der Waals surface area contributed by atoms with Crippen molar-refractivity contribution in [3.05, 3.63) is 67.4 Å². The second kappa shape index (κ2) is 13.8. The third-order valence-corrected chi connectivity index (χ3v) is 8.06. The second-order valence-electron chi connectivity index (χ2n) is 8.46. The smallest absolute Gasteiger partial charge is 0.346 e. The van der Waals surface area contributed by atoms with Crippen molar-refractivity contribution in [2.45, 2.75) is 26.4 Å². The summed E-state index contributed by atoms with van der Waals surface area (Å²) in [6.07, 6.45) is -9.77. The van der Waals surface area contributed by atoms with Crippen molar-refractivity contribution in [2.75, 3.05) is 20.1 Å². The third-order valence-electron chi connectivity index (χ3n) is 5.47. The van der Waals surface area contributed by atoms with Crippen LogP contribution in [0.5, 0.6) is 0 Å². The summed E-state index contributed by atoms with van der Waals surface area (Å²) in [6.45, 7) is -1.11. The summed E-state index contributed by atoms with van der Waals surface area (Å²) in [5, 5.41) is 1.64. The number of alkyl halides is 9. The first-order valence-electron chi connectivity index (χ1n) is 10.8. The molecule has 4 nitrogen and oxygen atoms in total. The molecule has 0 heterocycles. The Morgan fingerprint density at radius 1 is 1.15 bits per heavy atom. The lowest BCUT2D eigenvalue weighted by Crippen LogP contribution is -2.44. The van der Waals surface area contributed by atoms with Crippen molar-refractivity contribution in [3.8, 4) is 0 Å². The summed E-state index contributed by atoms with van der Waals surface area (Å²) in [7, 11) is 1.23. The van der Waals surface area contributed by atoms with E-state index in [1.807, 2.05) is 5.32 Å². The highest BCUT2D eigenvalue weighted by atomic mass is 127. The van der Waals surface area contributed by atoms with Crippen LogP contribution in [0.1, 0.15) is 17.9 Å². The van der Waals surface area contributed by atoms with Crippen molar-refractivity contribution in [1.29, 1.82) is 0 Å². The first-order chi connectivity index (χ1) is 18.1. The molecule has 1 aliphatic carbocycles. The number of rotatable bonds is 8. The van der Waals surface area contributed by atoms with Gasteiger partial charge in [-0.25, -0.2) is 8.78 Å². The third kappa shape index (κ3) is 9.97. The molecule has 2 unspecified atom stereocenters. The van der Waals surface area contributed by atoms with Crippen LogP contribution in [0.4, 0.5) is 35.1 Å². The van der Waals surface area contributed by atoms with E-state index in [-0.39, 0.29) is 33.2 Å². The number of nitrogens with zero attached hydrogens (tertiary/aromatic N) is 1. The van der Waals surface area contributed by atoms with Crippen LogP contribution < -0.4 is 5.32 Å². The predicted molar refractivity (Wildman–Crippen MR) is 155 cm³/mol. The predicted octanol–water partition coefficient (Wildman–Crippen LogP) is 8.76. The molecule has 0 fully saturated rings. The molecule has 2 rings (SSSR count). The van der Waals surface area contributed by atoms with Crippen molar-refractivity contribution in [3.63, 3.8) is 0 Å². The molecule has 1 N–H and O–H groups in total. The number of halogens is 13. The molecular weight excluding hydrogens is 893 g/mol. The molecule has 1 aliphatic rings. The Morgan fingerprint density at radius 3 is 2.17 bits per heavy atom. The Kier molecular flexibility index (Phi) is 12.2. The van der Waals surface area contributed by atoms with Crippen LogP contribution in [0.3, 0.4) is 0 Å². The van der Waals surface area contributed by atoms with Crippen LogP contribution in [0, 0.1) is 5.92 Å². The summed E-state index contributed by atoms with van der Waals surface area (Å²) in [5.41, 5.74) is -2.90. The van der Waals surface area contributed by atoms with E-state index in [0.29, 0.717) is 0 Å². The number of amides is 2. The van der Waals surface area contributed by atoms with E-state index in [1.54, 1.807) is 0 Å². The average molecular weight is 910 g/mol. The van der Waals surface area contributed by atoms with Gasteiger partial charge in [0.2, 0.25) is 13.5 Å². The van der Waals surface area contributed by atoms with E-state index in [1.165, 1.54) is 52.2 Å². The maximum absolute atomic E-state index is 15.0. The number of hydrogen-bond acceptors (Lipinski definition) is 2. The van der Waals surface area contributed by atoms with Gasteiger partial charge in [0.15, 0.2) is 0 Å². The number of benzene rings is 1. The molecule has 17 heteroatoms. The summed E-state index contributed by atoms with van der Waals surface area (Å²) in [6, 6.07) is 1.77. The van der Waals surface area contributed by atoms with Gasteiger partial charge in [-0.2, -0.15) is 26.3 Å². The summed E-state index contributed by atoms with van der Waals surface area (Å²) in [4.78, 5) is 25.6. The Hall–Kier alpha value is -0.660. The number of hydrogen-bond donors (Lipinski definition) is 1. The highest BCUT2D eigenvalue weighted by molar-refractivity contribution is 14.2. The monoisotopic (exact) mass is 908 g/mol. The molecule has 222 valence electrons. The van der Waals surface area contributed by atoms with Gasteiger partial charge in [0.25, 0.3) is 0 Å². The lowest BCUT2D eigenvalue weighted by molar-refractivity contribution is -0.139. The highest BCUT2D eigenvalue weighted by Gasteiger charge is 2.44. The Bertz CT molecular complexity index is 1220. The van der Waals surface area contributed by atoms with Crippen molar-refractivity contribution >= 4 is 96.1 Å². The fourth-order valence-electron chi connectivity index (χ4n) is 3.55. The van der Waals surface area contributed by atoms with Crippen LogP contribution >= 0.6 is 84.3 Å². The number of likely N-dealkylation sites (N-methyl/N-ethyl adjacent to an activating group) is 1. The lowest BCUT2D eigenvalue weighted by Gasteiger charge is -2.26. The standard InChI is InChI=1S/C23H17BrCl2F8I2N2O2/c1-38(9-21(28,35)36)18(39)8-37-20(40)12-3-2-10(4-14(12)23(32,33)34)17(27)7-13(22(29,30)31)11-5-15(25)19(24)16(26)6-11/h2,4-7,12-13H,3,8-9H2,1H3,(H,37,40)/b17-7-. The Morgan fingerprint density at radius 2 is 1.70 bits per heavy atom. The van der Waals surface area contributed by atoms with E-state index in [0.717, 1.165) is 23.1 Å². The molecule has 0 saturated carbocycles. The van der Waals surface area contributed by atoms with E-state index in [9.17, 15) is 40.3 Å². The molecule has 1 aromatic rings. The maximum atomic E-state index is 15.0. The number of nitrogens with one attached hydrogen (secondary N) is 1. The van der Waals surface area contributed by atoms with Crippen molar-refractivity contribution in [1.82, 2.24) is 10.2 Å². The van der Waals surface area contributed by atoms with Gasteiger partial charge in [-0.3, -0.25) is 9.59 Å². The molecule has 2 amide bonds. The summed E-state index contributed by atoms with van der Waals surface area (Å²) >= 11 is 17.6. The molecule has 1 aromatic carbocycles. The Balaban J connectivity index is 2.33. The minimum atomic E-state index is -5.16. The quantitative estimate of drug-likeness (QED) is 0.123. The SMILES string of the molecule is CN(CC(F)(I)I)C(=O)CNC(=O)C1CC=C(/C(F)=C/C(c2cc(Cl)c(Br)c(Cl)c2)C(F)(F)F)C=C1C(F)(F)F. The first-order valence-corrected chi connectivity index (χ1v) is 14.5. The zero-order valence-corrected chi connectivity index (χ0v) is 27.3. The summed E-state index contributed by atoms with van der Waals surface area (Å²) in [5.74, 6) is -8.16. The van der Waals surface area contributed by atoms with E-state index < -0.39 is 73.2 Å². The average Bonchev–Trinajstić information content (AvgIpc) is 2.80. The van der Waals surface area contributed by atoms with E-state index in [4.69, 9.17) is 23.2 Å². The molecule has 0 radical (unpaired) electrons. The fraction of sp³-hybridized carbons (Fsp3) is 0.391. The zero-order valence-electron chi connectivity index (χ0n) is 19.8. The van der Waals surface area contributed by atoms with Gasteiger partial charge in [-0.05, 0) is 97.4 Å². The van der Waals surface area contributed by atoms with Crippen LogP contribution in [-0.4, -0.2) is 50.9 Å². The van der Waals surface area contributed by atoms with Crippen LogP contribution in [0.2, 0.25) is 10.0 Å². The fourth-order valence-corrected chi connectivity index (χ4v) is 5.30. The van der Waals surface area contributed by atoms with Crippen LogP contribution in [0.25, 0.3) is 0 Å². The minimum absolute atomic E-state index is 0.0895. The normalized spacial score (nSPS) is 17.6. The molecule has 2 atom stereocenters. The van der Waals surface area contributed by atoms with Crippen LogP contribution in [0.15, 0.2) is 51.8 Å². The van der Waals surface area contributed by atoms with Gasteiger partial charge in [-0.1, -0.05) is 29.3 Å². The molecule has 40 heavy (non-hydrogen) atoms. The van der Waals surface area contributed by atoms with E-state index >= 15 is 4.39 Å². The molecular formula is C23H17BrCl2F8I2N2O2. The second-order valence-corrected chi connectivity index (χ2v) is 15.6. The highest BCUT2D eigenvalue weighted by Crippen LogP contribution is 2.43. The summed E-state index contributed by atoms with van der Waals surface area (Å²) < 4.78 is 110. The first kappa shape index (κ1) is 35.5. The zero-order chi connectivity index (χ0) is 30.8. The van der Waals surface area contributed by atoms with Crippen molar-refractivity contribution in [2.24, 2.45) is 5.92 Å². The van der Waals surface area contributed by atoms with Crippen molar-refractivity contribution < 1.29 is 44.7 Å². The number of allylic oxidation sites excluding steroid dienone is 5. The molecule has 0 aromatic heterocycles. The van der Waals surface area contributed by atoms with Crippen LogP contribution in [-0.2, 0) is 9.59 Å². The number of carbonyl (C=O) groups excluding carboxylic acids is 2. The van der Waals surface area contributed by atoms with Gasteiger partial charge in [0, 0.05) is 18.2 Å². The topological polar surface area (TPSA) is 49.4 Å².